The lowest BCUT2D eigenvalue weighted by Crippen LogP contribution is -2.33. The van der Waals surface area contributed by atoms with Crippen molar-refractivity contribution in [2.75, 3.05) is 40.4 Å². The number of amides is 2. The molecule has 6 nitrogen and oxygen atoms in total. The molecule has 0 aliphatic rings. The molecule has 0 N–H and O–H groups in total. The number of carbonyl (C=O) groups is 2. The molecular formula is C21H34N2O4. The molecule has 2 amide bonds. The summed E-state index contributed by atoms with van der Waals surface area (Å²) >= 11 is 0. The Morgan fingerprint density at radius 3 is 2.00 bits per heavy atom. The second kappa shape index (κ2) is 13.0. The van der Waals surface area contributed by atoms with Gasteiger partial charge < -0.3 is 19.3 Å². The third-order valence-electron chi connectivity index (χ3n) is 4.30. The lowest BCUT2D eigenvalue weighted by atomic mass is 10.2. The van der Waals surface area contributed by atoms with Gasteiger partial charge in [-0.1, -0.05) is 13.8 Å². The zero-order valence-electron chi connectivity index (χ0n) is 17.2. The van der Waals surface area contributed by atoms with Crippen LogP contribution in [0.2, 0.25) is 0 Å². The van der Waals surface area contributed by atoms with Gasteiger partial charge in [-0.05, 0) is 43.5 Å². The van der Waals surface area contributed by atoms with Gasteiger partial charge in [-0.2, -0.15) is 0 Å². The summed E-state index contributed by atoms with van der Waals surface area (Å²) < 4.78 is 10.7. The molecule has 1 aromatic carbocycles. The minimum atomic E-state index is 0.0404. The van der Waals surface area contributed by atoms with E-state index < -0.39 is 0 Å². The summed E-state index contributed by atoms with van der Waals surface area (Å²) in [5.74, 6) is 1.71. The average Bonchev–Trinajstić information content (AvgIpc) is 2.68. The molecule has 0 saturated carbocycles. The first-order chi connectivity index (χ1) is 13.0. The highest BCUT2D eigenvalue weighted by atomic mass is 16.5. The van der Waals surface area contributed by atoms with Gasteiger partial charge in [-0.25, -0.2) is 0 Å². The number of hydrogen-bond donors (Lipinski definition) is 0. The fourth-order valence-electron chi connectivity index (χ4n) is 2.74. The van der Waals surface area contributed by atoms with Crippen LogP contribution in [-0.4, -0.2) is 62.0 Å². The maximum absolute atomic E-state index is 12.2. The Labute approximate surface area is 163 Å². The van der Waals surface area contributed by atoms with Gasteiger partial charge in [0.15, 0.2) is 0 Å². The standard InChI is InChI=1S/C21H34N2O4/c1-5-14-23(15-6-2)21(25)9-7-8-20(24)22(3)16-17-27-19-12-10-18(26-4)11-13-19/h10-13H,5-9,14-17H2,1-4H3. The molecule has 0 spiro atoms. The third-order valence-corrected chi connectivity index (χ3v) is 4.30. The molecule has 0 radical (unpaired) electrons. The van der Waals surface area contributed by atoms with Crippen molar-refractivity contribution in [3.8, 4) is 11.5 Å². The second-order valence-electron chi connectivity index (χ2n) is 6.57. The van der Waals surface area contributed by atoms with Crippen LogP contribution in [0, 0.1) is 0 Å². The van der Waals surface area contributed by atoms with E-state index in [0.717, 1.165) is 37.4 Å². The quantitative estimate of drug-likeness (QED) is 0.528. The Morgan fingerprint density at radius 1 is 0.889 bits per heavy atom. The monoisotopic (exact) mass is 378 g/mol. The van der Waals surface area contributed by atoms with Crippen molar-refractivity contribution in [3.05, 3.63) is 24.3 Å². The molecule has 152 valence electrons. The highest BCUT2D eigenvalue weighted by Gasteiger charge is 2.14. The molecule has 1 aromatic rings. The summed E-state index contributed by atoms with van der Waals surface area (Å²) in [5.41, 5.74) is 0. The molecule has 0 aliphatic carbocycles. The van der Waals surface area contributed by atoms with Gasteiger partial charge in [0.2, 0.25) is 11.8 Å². The molecule has 1 rings (SSSR count). The van der Waals surface area contributed by atoms with Crippen molar-refractivity contribution in [2.24, 2.45) is 0 Å². The first-order valence-corrected chi connectivity index (χ1v) is 9.80. The number of nitrogens with zero attached hydrogens (tertiary/aromatic N) is 2. The molecule has 0 bridgehead atoms. The Morgan fingerprint density at radius 2 is 1.44 bits per heavy atom. The van der Waals surface area contributed by atoms with Crippen LogP contribution in [0.4, 0.5) is 0 Å². The molecule has 0 heterocycles. The second-order valence-corrected chi connectivity index (χ2v) is 6.57. The number of likely N-dealkylation sites (N-methyl/N-ethyl adjacent to an activating group) is 1. The summed E-state index contributed by atoms with van der Waals surface area (Å²) in [7, 11) is 3.39. The Kier molecular flexibility index (Phi) is 11.0. The van der Waals surface area contributed by atoms with Gasteiger partial charge >= 0.3 is 0 Å². The zero-order chi connectivity index (χ0) is 20.1. The summed E-state index contributed by atoms with van der Waals surface area (Å²) in [5, 5.41) is 0. The minimum absolute atomic E-state index is 0.0404. The molecule has 0 saturated heterocycles. The molecule has 0 aliphatic heterocycles. The number of hydrogen-bond acceptors (Lipinski definition) is 4. The fraction of sp³-hybridized carbons (Fsp3) is 0.619. The van der Waals surface area contributed by atoms with Gasteiger partial charge in [0.25, 0.3) is 0 Å². The van der Waals surface area contributed by atoms with E-state index in [9.17, 15) is 9.59 Å². The molecule has 0 fully saturated rings. The van der Waals surface area contributed by atoms with Crippen LogP contribution in [0.5, 0.6) is 11.5 Å². The van der Waals surface area contributed by atoms with Gasteiger partial charge in [0.1, 0.15) is 18.1 Å². The Balaban J connectivity index is 2.25. The normalized spacial score (nSPS) is 10.4. The molecule has 0 aromatic heterocycles. The van der Waals surface area contributed by atoms with E-state index in [1.807, 2.05) is 29.2 Å². The van der Waals surface area contributed by atoms with Crippen LogP contribution in [0.3, 0.4) is 0 Å². The van der Waals surface area contributed by atoms with Crippen molar-refractivity contribution >= 4 is 11.8 Å². The first kappa shape index (κ1) is 22.8. The topological polar surface area (TPSA) is 59.1 Å². The number of rotatable bonds is 13. The number of carbonyl (C=O) groups excluding carboxylic acids is 2. The highest BCUT2D eigenvalue weighted by molar-refractivity contribution is 5.78. The van der Waals surface area contributed by atoms with Crippen LogP contribution in [-0.2, 0) is 9.59 Å². The van der Waals surface area contributed by atoms with E-state index in [2.05, 4.69) is 13.8 Å². The largest absolute Gasteiger partial charge is 0.497 e. The number of benzene rings is 1. The van der Waals surface area contributed by atoms with Crippen LogP contribution < -0.4 is 9.47 Å². The smallest absolute Gasteiger partial charge is 0.222 e. The minimum Gasteiger partial charge on any atom is -0.497 e. The zero-order valence-corrected chi connectivity index (χ0v) is 17.2. The van der Waals surface area contributed by atoms with Crippen LogP contribution in [0.1, 0.15) is 46.0 Å². The Hall–Kier alpha value is -2.24. The van der Waals surface area contributed by atoms with Crippen molar-refractivity contribution < 1.29 is 19.1 Å². The van der Waals surface area contributed by atoms with Crippen LogP contribution in [0.15, 0.2) is 24.3 Å². The third kappa shape index (κ3) is 8.80. The molecular weight excluding hydrogens is 344 g/mol. The summed E-state index contributed by atoms with van der Waals surface area (Å²) in [6, 6.07) is 7.35. The van der Waals surface area contributed by atoms with E-state index in [-0.39, 0.29) is 11.8 Å². The maximum atomic E-state index is 12.2. The van der Waals surface area contributed by atoms with E-state index >= 15 is 0 Å². The van der Waals surface area contributed by atoms with E-state index in [0.29, 0.717) is 32.4 Å². The predicted molar refractivity (Wildman–Crippen MR) is 107 cm³/mol. The molecule has 27 heavy (non-hydrogen) atoms. The van der Waals surface area contributed by atoms with Gasteiger partial charge in [0.05, 0.1) is 13.7 Å². The SMILES string of the molecule is CCCN(CCC)C(=O)CCCC(=O)N(C)CCOc1ccc(OC)cc1. The van der Waals surface area contributed by atoms with Crippen molar-refractivity contribution in [1.82, 2.24) is 9.80 Å². The molecule has 0 atom stereocenters. The van der Waals surface area contributed by atoms with Crippen molar-refractivity contribution in [1.29, 1.82) is 0 Å². The predicted octanol–water partition coefficient (Wildman–Crippen LogP) is 3.35. The van der Waals surface area contributed by atoms with Crippen molar-refractivity contribution in [2.45, 2.75) is 46.0 Å². The van der Waals surface area contributed by atoms with Crippen LogP contribution in [0.25, 0.3) is 0 Å². The van der Waals surface area contributed by atoms with E-state index in [1.54, 1.807) is 19.1 Å². The fourth-order valence-corrected chi connectivity index (χ4v) is 2.74. The summed E-state index contributed by atoms with van der Waals surface area (Å²) in [4.78, 5) is 28.0. The first-order valence-electron chi connectivity index (χ1n) is 9.80. The van der Waals surface area contributed by atoms with Crippen molar-refractivity contribution in [3.63, 3.8) is 0 Å². The van der Waals surface area contributed by atoms with Gasteiger partial charge in [0, 0.05) is 33.0 Å². The summed E-state index contributed by atoms with van der Waals surface area (Å²) in [6.45, 7) is 6.67. The van der Waals surface area contributed by atoms with E-state index in [4.69, 9.17) is 9.47 Å². The van der Waals surface area contributed by atoms with Gasteiger partial charge in [-0.3, -0.25) is 9.59 Å². The number of ether oxygens (including phenoxy) is 2. The lowest BCUT2D eigenvalue weighted by Gasteiger charge is -2.22. The van der Waals surface area contributed by atoms with E-state index in [1.165, 1.54) is 0 Å². The van der Waals surface area contributed by atoms with Gasteiger partial charge in [-0.15, -0.1) is 0 Å². The summed E-state index contributed by atoms with van der Waals surface area (Å²) in [6.07, 6.45) is 3.33. The molecule has 6 heteroatoms. The maximum Gasteiger partial charge on any atom is 0.222 e. The highest BCUT2D eigenvalue weighted by Crippen LogP contribution is 2.16. The Bertz CT molecular complexity index is 554. The lowest BCUT2D eigenvalue weighted by molar-refractivity contribution is -0.132. The number of methoxy groups -OCH3 is 1. The van der Waals surface area contributed by atoms with Crippen LogP contribution >= 0.6 is 0 Å². The molecule has 0 unspecified atom stereocenters. The average molecular weight is 379 g/mol.